The molecule has 1 aromatic carbocycles. The van der Waals surface area contributed by atoms with Gasteiger partial charge in [-0.2, -0.15) is 0 Å². The molecule has 0 aromatic heterocycles. The topological polar surface area (TPSA) is 3.24 Å². The molecule has 13 heavy (non-hydrogen) atoms. The van der Waals surface area contributed by atoms with E-state index < -0.39 is 5.82 Å². The summed E-state index contributed by atoms with van der Waals surface area (Å²) >= 11 is 2.93. The van der Waals surface area contributed by atoms with Crippen molar-refractivity contribution < 1.29 is 8.78 Å². The highest BCUT2D eigenvalue weighted by atomic mass is 79.9. The van der Waals surface area contributed by atoms with E-state index in [1.165, 1.54) is 6.07 Å². The summed E-state index contributed by atoms with van der Waals surface area (Å²) < 4.78 is 26.4. The SMILES string of the molecule is Fc1cc(N2C[CH]C2)c(F)cc1Br. The third kappa shape index (κ3) is 1.55. The molecule has 0 unspecified atom stereocenters. The van der Waals surface area contributed by atoms with Crippen LogP contribution in [0, 0.1) is 18.1 Å². The number of halogens is 3. The first-order valence-corrected chi connectivity index (χ1v) is 4.69. The molecule has 69 valence electrons. The van der Waals surface area contributed by atoms with Gasteiger partial charge in [-0.25, -0.2) is 8.78 Å². The van der Waals surface area contributed by atoms with Crippen molar-refractivity contribution in [2.75, 3.05) is 18.0 Å². The molecule has 1 aliphatic rings. The van der Waals surface area contributed by atoms with E-state index in [1.807, 2.05) is 6.42 Å². The van der Waals surface area contributed by atoms with E-state index >= 15 is 0 Å². The Hall–Kier alpha value is -0.640. The minimum Gasteiger partial charge on any atom is -0.368 e. The third-order valence-corrected chi connectivity index (χ3v) is 2.64. The number of rotatable bonds is 1. The lowest BCUT2D eigenvalue weighted by molar-refractivity contribution is 0.584. The van der Waals surface area contributed by atoms with Crippen LogP contribution in [0.3, 0.4) is 0 Å². The molecule has 1 radical (unpaired) electrons. The second-order valence-electron chi connectivity index (χ2n) is 2.91. The summed E-state index contributed by atoms with van der Waals surface area (Å²) in [5.41, 5.74) is 0.336. The first kappa shape index (κ1) is 8.94. The summed E-state index contributed by atoms with van der Waals surface area (Å²) in [5, 5.41) is 0. The number of anilines is 1. The Morgan fingerprint density at radius 3 is 2.38 bits per heavy atom. The lowest BCUT2D eigenvalue weighted by Crippen LogP contribution is -2.38. The van der Waals surface area contributed by atoms with Crippen LogP contribution in [0.4, 0.5) is 14.5 Å². The molecule has 1 saturated heterocycles. The van der Waals surface area contributed by atoms with Crippen LogP contribution in [0.15, 0.2) is 16.6 Å². The highest BCUT2D eigenvalue weighted by molar-refractivity contribution is 9.10. The van der Waals surface area contributed by atoms with Crippen molar-refractivity contribution in [2.24, 2.45) is 0 Å². The van der Waals surface area contributed by atoms with Gasteiger partial charge in [-0.15, -0.1) is 0 Å². The third-order valence-electron chi connectivity index (χ3n) is 2.03. The summed E-state index contributed by atoms with van der Waals surface area (Å²) in [7, 11) is 0. The Labute approximate surface area is 83.5 Å². The maximum Gasteiger partial charge on any atom is 0.147 e. The second-order valence-corrected chi connectivity index (χ2v) is 3.77. The predicted octanol–water partition coefficient (Wildman–Crippen LogP) is 2.75. The van der Waals surface area contributed by atoms with Crippen molar-refractivity contribution in [1.29, 1.82) is 0 Å². The van der Waals surface area contributed by atoms with Gasteiger partial charge in [0.1, 0.15) is 11.6 Å². The molecule has 1 heterocycles. The van der Waals surface area contributed by atoms with Crippen LogP contribution in [0.1, 0.15) is 0 Å². The first-order chi connectivity index (χ1) is 6.18. The summed E-state index contributed by atoms with van der Waals surface area (Å²) in [4.78, 5) is 1.77. The van der Waals surface area contributed by atoms with Crippen LogP contribution in [-0.2, 0) is 0 Å². The lowest BCUT2D eigenvalue weighted by Gasteiger charge is -2.33. The van der Waals surface area contributed by atoms with Gasteiger partial charge in [-0.05, 0) is 22.0 Å². The van der Waals surface area contributed by atoms with E-state index in [9.17, 15) is 8.78 Å². The van der Waals surface area contributed by atoms with Crippen molar-refractivity contribution in [3.63, 3.8) is 0 Å². The van der Waals surface area contributed by atoms with E-state index in [0.717, 1.165) is 6.07 Å². The highest BCUT2D eigenvalue weighted by Crippen LogP contribution is 2.28. The van der Waals surface area contributed by atoms with Crippen LogP contribution in [0.5, 0.6) is 0 Å². The van der Waals surface area contributed by atoms with E-state index in [-0.39, 0.29) is 10.3 Å². The fourth-order valence-electron chi connectivity index (χ4n) is 1.21. The molecule has 0 bridgehead atoms. The molecule has 0 amide bonds. The van der Waals surface area contributed by atoms with Gasteiger partial charge in [0.2, 0.25) is 0 Å². The molecule has 1 fully saturated rings. The van der Waals surface area contributed by atoms with Crippen LogP contribution >= 0.6 is 15.9 Å². The highest BCUT2D eigenvalue weighted by Gasteiger charge is 2.19. The van der Waals surface area contributed by atoms with E-state index in [1.54, 1.807) is 4.90 Å². The second kappa shape index (κ2) is 3.25. The van der Waals surface area contributed by atoms with Gasteiger partial charge < -0.3 is 4.90 Å². The normalized spacial score (nSPS) is 15.8. The van der Waals surface area contributed by atoms with Gasteiger partial charge in [0.05, 0.1) is 10.2 Å². The zero-order valence-corrected chi connectivity index (χ0v) is 8.31. The number of nitrogens with zero attached hydrogens (tertiary/aromatic N) is 1. The average molecular weight is 247 g/mol. The Kier molecular flexibility index (Phi) is 2.24. The van der Waals surface area contributed by atoms with Crippen molar-refractivity contribution in [1.82, 2.24) is 0 Å². The summed E-state index contributed by atoms with van der Waals surface area (Å²) in [6.45, 7) is 1.38. The van der Waals surface area contributed by atoms with Crippen LogP contribution < -0.4 is 4.90 Å². The summed E-state index contributed by atoms with van der Waals surface area (Å²) in [5.74, 6) is -0.815. The van der Waals surface area contributed by atoms with E-state index in [0.29, 0.717) is 18.8 Å². The summed E-state index contributed by atoms with van der Waals surface area (Å²) in [6, 6.07) is 2.37. The van der Waals surface area contributed by atoms with Gasteiger partial charge in [0, 0.05) is 25.6 Å². The van der Waals surface area contributed by atoms with Crippen molar-refractivity contribution in [3.05, 3.63) is 34.7 Å². The standard InChI is InChI=1S/C9H7BrF2N/c10-6-4-8(12)9(5-7(6)11)13-2-1-3-13/h1,4-5H,2-3H2. The monoisotopic (exact) mass is 246 g/mol. The molecule has 1 nitrogen and oxygen atoms in total. The molecule has 1 aliphatic heterocycles. The molecule has 0 N–H and O–H groups in total. The minimum atomic E-state index is -0.428. The zero-order chi connectivity index (χ0) is 9.42. The van der Waals surface area contributed by atoms with Gasteiger partial charge >= 0.3 is 0 Å². The van der Waals surface area contributed by atoms with Crippen LogP contribution in [-0.4, -0.2) is 13.1 Å². The zero-order valence-electron chi connectivity index (χ0n) is 6.73. The molecule has 0 spiro atoms. The van der Waals surface area contributed by atoms with E-state index in [2.05, 4.69) is 15.9 Å². The quantitative estimate of drug-likeness (QED) is 0.689. The first-order valence-electron chi connectivity index (χ1n) is 3.89. The molecule has 0 aliphatic carbocycles. The van der Waals surface area contributed by atoms with Gasteiger partial charge in [-0.1, -0.05) is 0 Å². The Morgan fingerprint density at radius 2 is 1.85 bits per heavy atom. The molecular weight excluding hydrogens is 240 g/mol. The fourth-order valence-corrected chi connectivity index (χ4v) is 1.52. The molecule has 4 heteroatoms. The summed E-state index contributed by atoms with van der Waals surface area (Å²) in [6.07, 6.45) is 2.00. The number of hydrogen-bond donors (Lipinski definition) is 0. The predicted molar refractivity (Wildman–Crippen MR) is 50.6 cm³/mol. The van der Waals surface area contributed by atoms with Crippen LogP contribution in [0.25, 0.3) is 0 Å². The van der Waals surface area contributed by atoms with Crippen molar-refractivity contribution in [2.45, 2.75) is 0 Å². The molecule has 1 aromatic rings. The average Bonchev–Trinajstić information content (AvgIpc) is 1.96. The fraction of sp³-hybridized carbons (Fsp3) is 0.222. The van der Waals surface area contributed by atoms with Gasteiger partial charge in [-0.3, -0.25) is 0 Å². The lowest BCUT2D eigenvalue weighted by atomic mass is 10.1. The largest absolute Gasteiger partial charge is 0.368 e. The number of benzene rings is 1. The van der Waals surface area contributed by atoms with Crippen LogP contribution in [0.2, 0.25) is 0 Å². The Bertz CT molecular complexity index is 337. The van der Waals surface area contributed by atoms with Gasteiger partial charge in [0.15, 0.2) is 0 Å². The molecule has 0 saturated carbocycles. The smallest absolute Gasteiger partial charge is 0.147 e. The van der Waals surface area contributed by atoms with E-state index in [4.69, 9.17) is 0 Å². The number of hydrogen-bond acceptors (Lipinski definition) is 1. The molecule has 0 atom stereocenters. The Morgan fingerprint density at radius 1 is 1.15 bits per heavy atom. The maximum absolute atomic E-state index is 13.2. The molecule has 2 rings (SSSR count). The van der Waals surface area contributed by atoms with Crippen molar-refractivity contribution >= 4 is 21.6 Å². The molecular formula is C9H7BrF2N. The van der Waals surface area contributed by atoms with Gasteiger partial charge in [0.25, 0.3) is 0 Å². The van der Waals surface area contributed by atoms with Crippen molar-refractivity contribution in [3.8, 4) is 0 Å². The maximum atomic E-state index is 13.2. The Balaban J connectivity index is 2.39. The minimum absolute atomic E-state index is 0.165.